The van der Waals surface area contributed by atoms with Crippen LogP contribution in [-0.2, 0) is 47.3 Å². The van der Waals surface area contributed by atoms with E-state index in [9.17, 15) is 18.9 Å². The summed E-state index contributed by atoms with van der Waals surface area (Å²) >= 11 is 0. The molecule has 0 aliphatic rings. The third-order valence-corrected chi connectivity index (χ3v) is 6.59. The molecule has 1 atom stereocenters. The van der Waals surface area contributed by atoms with Gasteiger partial charge in [0.25, 0.3) is 5.56 Å². The molecule has 0 radical (unpaired) electrons. The van der Waals surface area contributed by atoms with E-state index >= 15 is 0 Å². The Kier molecular flexibility index (Phi) is 10.2. The molecule has 186 valence electrons. The van der Waals surface area contributed by atoms with E-state index < -0.39 is 31.1 Å². The molecule has 34 heavy (non-hydrogen) atoms. The second kappa shape index (κ2) is 12.6. The first-order chi connectivity index (χ1) is 16.0. The molecule has 2 rings (SSSR count). The SMILES string of the molecule is CC(=O)N[C@@H](Cc1ccn(CP(=O)(OC(C)C)OC(C)C)c(=O)c1)C(=O)OCc1ccccc1. The van der Waals surface area contributed by atoms with Crippen LogP contribution in [0.1, 0.15) is 45.7 Å². The van der Waals surface area contributed by atoms with Crippen LogP contribution in [-0.4, -0.2) is 34.7 Å². The van der Waals surface area contributed by atoms with E-state index in [0.29, 0.717) is 5.56 Å². The van der Waals surface area contributed by atoms with Gasteiger partial charge in [-0.1, -0.05) is 30.3 Å². The maximum atomic E-state index is 13.1. The molecular weight excluding hydrogens is 459 g/mol. The quantitative estimate of drug-likeness (QED) is 0.356. The van der Waals surface area contributed by atoms with Crippen LogP contribution in [0.5, 0.6) is 0 Å². The van der Waals surface area contributed by atoms with Gasteiger partial charge in [-0.25, -0.2) is 4.79 Å². The van der Waals surface area contributed by atoms with Crippen molar-refractivity contribution in [3.63, 3.8) is 0 Å². The van der Waals surface area contributed by atoms with E-state index in [0.717, 1.165) is 5.56 Å². The number of nitrogens with one attached hydrogen (secondary N) is 1. The van der Waals surface area contributed by atoms with Gasteiger partial charge in [-0.3, -0.25) is 14.2 Å². The van der Waals surface area contributed by atoms with Crippen LogP contribution in [0.3, 0.4) is 0 Å². The first-order valence-electron chi connectivity index (χ1n) is 11.1. The van der Waals surface area contributed by atoms with Gasteiger partial charge in [-0.2, -0.15) is 0 Å². The zero-order chi connectivity index (χ0) is 25.3. The second-order valence-electron chi connectivity index (χ2n) is 8.45. The molecule has 0 saturated heterocycles. The van der Waals surface area contributed by atoms with E-state index in [1.165, 1.54) is 23.8 Å². The van der Waals surface area contributed by atoms with E-state index in [4.69, 9.17) is 13.8 Å². The number of pyridine rings is 1. The molecule has 1 aromatic heterocycles. The van der Waals surface area contributed by atoms with Gasteiger partial charge in [0.15, 0.2) is 0 Å². The van der Waals surface area contributed by atoms with Crippen LogP contribution >= 0.6 is 7.60 Å². The van der Waals surface area contributed by atoms with Crippen LogP contribution in [0.4, 0.5) is 0 Å². The number of esters is 1. The maximum absolute atomic E-state index is 13.1. The molecule has 1 N–H and O–H groups in total. The number of aromatic nitrogens is 1. The van der Waals surface area contributed by atoms with E-state index in [1.54, 1.807) is 33.8 Å². The maximum Gasteiger partial charge on any atom is 0.350 e. The Bertz CT molecular complexity index is 1050. The van der Waals surface area contributed by atoms with Gasteiger partial charge in [-0.15, -0.1) is 0 Å². The van der Waals surface area contributed by atoms with Crippen molar-refractivity contribution in [1.29, 1.82) is 0 Å². The van der Waals surface area contributed by atoms with Gasteiger partial charge in [0.1, 0.15) is 18.9 Å². The minimum atomic E-state index is -3.56. The molecule has 2 aromatic rings. The molecule has 1 heterocycles. The van der Waals surface area contributed by atoms with Crippen molar-refractivity contribution in [2.45, 2.75) is 72.2 Å². The van der Waals surface area contributed by atoms with Crippen molar-refractivity contribution in [1.82, 2.24) is 9.88 Å². The lowest BCUT2D eigenvalue weighted by Gasteiger charge is -2.23. The van der Waals surface area contributed by atoms with Gasteiger partial charge in [0, 0.05) is 25.6 Å². The van der Waals surface area contributed by atoms with Crippen LogP contribution in [0, 0.1) is 0 Å². The monoisotopic (exact) mass is 492 g/mol. The Hall–Kier alpha value is -2.74. The number of carbonyl (C=O) groups excluding carboxylic acids is 2. The zero-order valence-corrected chi connectivity index (χ0v) is 21.1. The van der Waals surface area contributed by atoms with Crippen LogP contribution in [0.25, 0.3) is 0 Å². The van der Waals surface area contributed by atoms with Crippen molar-refractivity contribution < 1.29 is 27.9 Å². The first kappa shape index (κ1) is 27.5. The minimum Gasteiger partial charge on any atom is -0.459 e. The van der Waals surface area contributed by atoms with Gasteiger partial charge < -0.3 is 23.7 Å². The predicted molar refractivity (Wildman–Crippen MR) is 128 cm³/mol. The van der Waals surface area contributed by atoms with Crippen LogP contribution < -0.4 is 10.9 Å². The fourth-order valence-corrected chi connectivity index (χ4v) is 5.29. The summed E-state index contributed by atoms with van der Waals surface area (Å²) in [5.41, 5.74) is 0.898. The summed E-state index contributed by atoms with van der Waals surface area (Å²) in [6.45, 7) is 8.32. The summed E-state index contributed by atoms with van der Waals surface area (Å²) in [4.78, 5) is 36.9. The molecule has 9 nitrogen and oxygen atoms in total. The highest BCUT2D eigenvalue weighted by Crippen LogP contribution is 2.51. The Balaban J connectivity index is 2.14. The van der Waals surface area contributed by atoms with Crippen molar-refractivity contribution in [3.05, 3.63) is 70.1 Å². The standard InChI is InChI=1S/C24H33N2O7P/c1-17(2)32-34(30,33-18(3)4)16-26-12-11-21(14-23(26)28)13-22(25-19(5)27)24(29)31-15-20-9-7-6-8-10-20/h6-12,14,17-18,22H,13,15-16H2,1-5H3,(H,25,27)/t22-/m0/s1. The Morgan fingerprint density at radius 1 is 1.00 bits per heavy atom. The van der Waals surface area contributed by atoms with Gasteiger partial charge in [0.05, 0.1) is 12.2 Å². The molecule has 0 unspecified atom stereocenters. The number of nitrogens with zero attached hydrogens (tertiary/aromatic N) is 1. The molecule has 10 heteroatoms. The molecule has 1 aromatic carbocycles. The number of hydrogen-bond acceptors (Lipinski definition) is 7. The molecule has 0 bridgehead atoms. The highest BCUT2D eigenvalue weighted by molar-refractivity contribution is 7.52. The Morgan fingerprint density at radius 3 is 2.15 bits per heavy atom. The minimum absolute atomic E-state index is 0.0614. The molecule has 0 aliphatic carbocycles. The smallest absolute Gasteiger partial charge is 0.350 e. The van der Waals surface area contributed by atoms with Crippen molar-refractivity contribution in [3.8, 4) is 0 Å². The van der Waals surface area contributed by atoms with Crippen molar-refractivity contribution in [2.24, 2.45) is 0 Å². The lowest BCUT2D eigenvalue weighted by atomic mass is 10.1. The topological polar surface area (TPSA) is 113 Å². The second-order valence-corrected chi connectivity index (χ2v) is 10.4. The fraction of sp³-hybridized carbons (Fsp3) is 0.458. The van der Waals surface area contributed by atoms with E-state index in [-0.39, 0.29) is 31.5 Å². The molecule has 0 aliphatic heterocycles. The van der Waals surface area contributed by atoms with Gasteiger partial charge >= 0.3 is 13.6 Å². The van der Waals surface area contributed by atoms with Gasteiger partial charge in [0.2, 0.25) is 5.91 Å². The highest BCUT2D eigenvalue weighted by atomic mass is 31.2. The number of amides is 1. The largest absolute Gasteiger partial charge is 0.459 e. The van der Waals surface area contributed by atoms with Crippen LogP contribution in [0.2, 0.25) is 0 Å². The normalized spacial score (nSPS) is 12.6. The first-order valence-corrected chi connectivity index (χ1v) is 12.8. The van der Waals surface area contributed by atoms with Crippen LogP contribution in [0.15, 0.2) is 53.5 Å². The summed E-state index contributed by atoms with van der Waals surface area (Å²) in [5.74, 6) is -1.00. The molecule has 0 spiro atoms. The molecule has 0 saturated carbocycles. The fourth-order valence-electron chi connectivity index (χ4n) is 3.22. The molecule has 1 amide bonds. The average Bonchev–Trinajstić information content (AvgIpc) is 2.72. The molecule has 0 fully saturated rings. The van der Waals surface area contributed by atoms with E-state index in [1.807, 2.05) is 30.3 Å². The summed E-state index contributed by atoms with van der Waals surface area (Å²) in [5, 5.41) is 2.57. The summed E-state index contributed by atoms with van der Waals surface area (Å²) in [6, 6.07) is 11.2. The number of ether oxygens (including phenoxy) is 1. The number of rotatable bonds is 12. The van der Waals surface area contributed by atoms with Crippen molar-refractivity contribution >= 4 is 19.5 Å². The molecular formula is C24H33N2O7P. The lowest BCUT2D eigenvalue weighted by molar-refractivity contribution is -0.149. The Labute approximate surface area is 200 Å². The predicted octanol–water partition coefficient (Wildman–Crippen LogP) is 3.64. The third-order valence-electron chi connectivity index (χ3n) is 4.45. The summed E-state index contributed by atoms with van der Waals surface area (Å²) in [7, 11) is -3.56. The number of benzene rings is 1. The van der Waals surface area contributed by atoms with E-state index in [2.05, 4.69) is 5.32 Å². The highest BCUT2D eigenvalue weighted by Gasteiger charge is 2.29. The zero-order valence-electron chi connectivity index (χ0n) is 20.2. The lowest BCUT2D eigenvalue weighted by Crippen LogP contribution is -2.42. The summed E-state index contributed by atoms with van der Waals surface area (Å²) in [6.07, 6.45) is 0.597. The van der Waals surface area contributed by atoms with Gasteiger partial charge in [-0.05, 0) is 44.9 Å². The Morgan fingerprint density at radius 2 is 1.62 bits per heavy atom. The van der Waals surface area contributed by atoms with Crippen molar-refractivity contribution in [2.75, 3.05) is 0 Å². The number of hydrogen-bond donors (Lipinski definition) is 1. The number of carbonyl (C=O) groups is 2. The average molecular weight is 493 g/mol. The summed E-state index contributed by atoms with van der Waals surface area (Å²) < 4.78 is 30.7. The third kappa shape index (κ3) is 9.25.